The van der Waals surface area contributed by atoms with Crippen molar-refractivity contribution in [3.63, 3.8) is 0 Å². The van der Waals surface area contributed by atoms with Crippen molar-refractivity contribution in [1.29, 1.82) is 0 Å². The molecule has 2 unspecified atom stereocenters. The van der Waals surface area contributed by atoms with Crippen LogP contribution in [0.25, 0.3) is 0 Å². The zero-order chi connectivity index (χ0) is 21.6. The first kappa shape index (κ1) is 20.6. The molecule has 1 spiro atoms. The number of ether oxygens (including phenoxy) is 1. The highest BCUT2D eigenvalue weighted by molar-refractivity contribution is 6.05. The van der Waals surface area contributed by atoms with E-state index in [1.54, 1.807) is 4.90 Å². The quantitative estimate of drug-likeness (QED) is 0.685. The van der Waals surface area contributed by atoms with E-state index in [0.717, 1.165) is 55.8 Å². The maximum absolute atomic E-state index is 13.3. The zero-order valence-corrected chi connectivity index (χ0v) is 17.8. The van der Waals surface area contributed by atoms with Crippen molar-refractivity contribution in [2.75, 3.05) is 32.8 Å². The van der Waals surface area contributed by atoms with Crippen LogP contribution >= 0.6 is 0 Å². The van der Waals surface area contributed by atoms with Crippen molar-refractivity contribution >= 4 is 17.7 Å². The van der Waals surface area contributed by atoms with E-state index in [-0.39, 0.29) is 29.6 Å². The Balaban J connectivity index is 1.35. The standard InChI is InChI=1S/C23H30N4O4/c24-10-17-13-26(14-23(17)6-8-31-9-7-23)11-15-2-1-3-16-12-27(22(30)20(15)16)18-4-5-19(28)25-21(18)29/h1-3,17-18H,4-14,24H2,(H,25,28,29). The molecular formula is C23H30N4O4. The van der Waals surface area contributed by atoms with Crippen molar-refractivity contribution < 1.29 is 19.1 Å². The van der Waals surface area contributed by atoms with Crippen LogP contribution in [0.4, 0.5) is 0 Å². The van der Waals surface area contributed by atoms with Crippen LogP contribution in [-0.2, 0) is 27.4 Å². The number of amides is 3. The van der Waals surface area contributed by atoms with Gasteiger partial charge in [-0.15, -0.1) is 0 Å². The predicted molar refractivity (Wildman–Crippen MR) is 113 cm³/mol. The highest BCUT2D eigenvalue weighted by atomic mass is 16.5. The van der Waals surface area contributed by atoms with Gasteiger partial charge in [0.1, 0.15) is 6.04 Å². The molecule has 3 saturated heterocycles. The van der Waals surface area contributed by atoms with Crippen LogP contribution in [0.5, 0.6) is 0 Å². The van der Waals surface area contributed by atoms with Crippen molar-refractivity contribution in [2.24, 2.45) is 17.1 Å². The van der Waals surface area contributed by atoms with Gasteiger partial charge in [-0.2, -0.15) is 0 Å². The second-order valence-electron chi connectivity index (χ2n) is 9.43. The topological polar surface area (TPSA) is 105 Å². The molecule has 3 N–H and O–H groups in total. The molecule has 8 heteroatoms. The molecular weight excluding hydrogens is 396 g/mol. The van der Waals surface area contributed by atoms with Crippen LogP contribution in [-0.4, -0.2) is 66.4 Å². The molecule has 1 aromatic carbocycles. The van der Waals surface area contributed by atoms with Crippen LogP contribution in [0, 0.1) is 11.3 Å². The fourth-order valence-electron chi connectivity index (χ4n) is 6.00. The highest BCUT2D eigenvalue weighted by Gasteiger charge is 2.47. The normalized spacial score (nSPS) is 28.3. The Morgan fingerprint density at radius 1 is 1.19 bits per heavy atom. The van der Waals surface area contributed by atoms with Crippen LogP contribution in [0.3, 0.4) is 0 Å². The largest absolute Gasteiger partial charge is 0.381 e. The molecule has 4 aliphatic rings. The number of imide groups is 1. The van der Waals surface area contributed by atoms with Crippen LogP contribution in [0.2, 0.25) is 0 Å². The van der Waals surface area contributed by atoms with Gasteiger partial charge in [-0.25, -0.2) is 0 Å². The number of benzene rings is 1. The molecule has 2 atom stereocenters. The molecule has 5 rings (SSSR count). The molecule has 8 nitrogen and oxygen atoms in total. The van der Waals surface area contributed by atoms with Gasteiger partial charge in [0, 0.05) is 51.4 Å². The van der Waals surface area contributed by atoms with Gasteiger partial charge >= 0.3 is 0 Å². The van der Waals surface area contributed by atoms with Gasteiger partial charge in [0.25, 0.3) is 5.91 Å². The van der Waals surface area contributed by atoms with Crippen molar-refractivity contribution in [1.82, 2.24) is 15.1 Å². The number of fused-ring (bicyclic) bond motifs is 1. The maximum Gasteiger partial charge on any atom is 0.255 e. The second-order valence-corrected chi connectivity index (χ2v) is 9.43. The fraction of sp³-hybridized carbons (Fsp3) is 0.609. The summed E-state index contributed by atoms with van der Waals surface area (Å²) in [6.45, 7) is 5.30. The molecule has 1 aromatic rings. The minimum absolute atomic E-state index is 0.101. The Labute approximate surface area is 182 Å². The van der Waals surface area contributed by atoms with E-state index in [0.29, 0.717) is 32.0 Å². The van der Waals surface area contributed by atoms with Gasteiger partial charge in [-0.1, -0.05) is 18.2 Å². The van der Waals surface area contributed by atoms with Crippen molar-refractivity contribution in [3.05, 3.63) is 34.9 Å². The Kier molecular flexibility index (Phi) is 5.32. The third-order valence-corrected chi connectivity index (χ3v) is 7.69. The lowest BCUT2D eigenvalue weighted by Crippen LogP contribution is -2.52. The molecule has 166 valence electrons. The number of hydrogen-bond acceptors (Lipinski definition) is 6. The third-order valence-electron chi connectivity index (χ3n) is 7.69. The Hall–Kier alpha value is -2.29. The number of nitrogens with zero attached hydrogens (tertiary/aromatic N) is 2. The molecule has 0 aromatic heterocycles. The van der Waals surface area contributed by atoms with Crippen LogP contribution in [0.1, 0.15) is 47.2 Å². The lowest BCUT2D eigenvalue weighted by atomic mass is 9.72. The predicted octanol–water partition coefficient (Wildman–Crippen LogP) is 0.635. The van der Waals surface area contributed by atoms with E-state index in [9.17, 15) is 14.4 Å². The maximum atomic E-state index is 13.3. The zero-order valence-electron chi connectivity index (χ0n) is 17.8. The number of rotatable bonds is 4. The summed E-state index contributed by atoms with van der Waals surface area (Å²) in [6, 6.07) is 5.41. The first-order chi connectivity index (χ1) is 15.0. The average molecular weight is 427 g/mol. The molecule has 0 aliphatic carbocycles. The number of nitrogens with two attached hydrogens (primary N) is 1. The lowest BCUT2D eigenvalue weighted by Gasteiger charge is -2.37. The molecule has 3 fully saturated rings. The number of nitrogens with one attached hydrogen (secondary N) is 1. The minimum Gasteiger partial charge on any atom is -0.381 e. The Bertz CT molecular complexity index is 911. The van der Waals surface area contributed by atoms with Crippen molar-refractivity contribution in [2.45, 2.75) is 44.8 Å². The van der Waals surface area contributed by atoms with E-state index >= 15 is 0 Å². The first-order valence-electron chi connectivity index (χ1n) is 11.3. The van der Waals surface area contributed by atoms with Gasteiger partial charge in [-0.3, -0.25) is 24.6 Å². The van der Waals surface area contributed by atoms with E-state index in [2.05, 4.69) is 10.2 Å². The number of piperidine rings is 1. The molecule has 4 heterocycles. The Morgan fingerprint density at radius 2 is 2.00 bits per heavy atom. The summed E-state index contributed by atoms with van der Waals surface area (Å²) in [5.74, 6) is -0.290. The van der Waals surface area contributed by atoms with Gasteiger partial charge in [0.15, 0.2) is 0 Å². The number of carbonyl (C=O) groups is 3. The molecule has 31 heavy (non-hydrogen) atoms. The van der Waals surface area contributed by atoms with Gasteiger partial charge in [-0.05, 0) is 48.3 Å². The number of carbonyl (C=O) groups excluding carboxylic acids is 3. The molecule has 0 bridgehead atoms. The molecule has 0 radical (unpaired) electrons. The summed E-state index contributed by atoms with van der Waals surface area (Å²) >= 11 is 0. The van der Waals surface area contributed by atoms with Gasteiger partial charge in [0.05, 0.1) is 0 Å². The number of likely N-dealkylation sites (tertiary alicyclic amines) is 1. The Morgan fingerprint density at radius 3 is 2.74 bits per heavy atom. The summed E-state index contributed by atoms with van der Waals surface area (Å²) in [5, 5.41) is 2.37. The number of hydrogen-bond donors (Lipinski definition) is 2. The van der Waals surface area contributed by atoms with Crippen LogP contribution < -0.4 is 11.1 Å². The van der Waals surface area contributed by atoms with Gasteiger partial charge in [0.2, 0.25) is 11.8 Å². The lowest BCUT2D eigenvalue weighted by molar-refractivity contribution is -0.136. The van der Waals surface area contributed by atoms with E-state index < -0.39 is 6.04 Å². The highest BCUT2D eigenvalue weighted by Crippen LogP contribution is 2.44. The molecule has 0 saturated carbocycles. The second kappa shape index (κ2) is 8.00. The van der Waals surface area contributed by atoms with E-state index in [1.165, 1.54) is 0 Å². The van der Waals surface area contributed by atoms with E-state index in [1.807, 2.05) is 18.2 Å². The van der Waals surface area contributed by atoms with Gasteiger partial charge < -0.3 is 15.4 Å². The molecule has 3 amide bonds. The molecule has 4 aliphatic heterocycles. The third kappa shape index (κ3) is 3.56. The van der Waals surface area contributed by atoms with Crippen molar-refractivity contribution in [3.8, 4) is 0 Å². The summed E-state index contributed by atoms with van der Waals surface area (Å²) < 4.78 is 5.60. The minimum atomic E-state index is -0.579. The summed E-state index contributed by atoms with van der Waals surface area (Å²) in [5.41, 5.74) is 9.05. The monoisotopic (exact) mass is 426 g/mol. The van der Waals surface area contributed by atoms with E-state index in [4.69, 9.17) is 10.5 Å². The SMILES string of the molecule is NCC1CN(Cc2cccc3c2C(=O)N(C2CCC(=O)NC2=O)C3)CC12CCOCC2. The summed E-state index contributed by atoms with van der Waals surface area (Å²) in [7, 11) is 0. The van der Waals surface area contributed by atoms with Crippen LogP contribution in [0.15, 0.2) is 18.2 Å². The fourth-order valence-corrected chi connectivity index (χ4v) is 6.00. The smallest absolute Gasteiger partial charge is 0.255 e. The summed E-state index contributed by atoms with van der Waals surface area (Å²) in [4.78, 5) is 41.2. The average Bonchev–Trinajstić information content (AvgIpc) is 3.26. The summed E-state index contributed by atoms with van der Waals surface area (Å²) in [6.07, 6.45) is 2.74. The first-order valence-corrected chi connectivity index (χ1v) is 11.3.